The van der Waals surface area contributed by atoms with Crippen LogP contribution in [0.25, 0.3) is 11.3 Å². The lowest BCUT2D eigenvalue weighted by Gasteiger charge is -2.23. The van der Waals surface area contributed by atoms with Crippen LogP contribution in [0, 0.1) is 6.92 Å². The van der Waals surface area contributed by atoms with Crippen LogP contribution in [0.3, 0.4) is 0 Å². The minimum absolute atomic E-state index is 0.0575. The van der Waals surface area contributed by atoms with Crippen LogP contribution in [0.1, 0.15) is 30.3 Å². The summed E-state index contributed by atoms with van der Waals surface area (Å²) in [6.07, 6.45) is 3.53. The molecule has 10 nitrogen and oxygen atoms in total. The number of rotatable bonds is 6. The van der Waals surface area contributed by atoms with Gasteiger partial charge in [-0.1, -0.05) is 16.8 Å². The van der Waals surface area contributed by atoms with Gasteiger partial charge in [-0.15, -0.1) is 0 Å². The lowest BCUT2D eigenvalue weighted by atomic mass is 10.1. The van der Waals surface area contributed by atoms with E-state index < -0.39 is 0 Å². The third kappa shape index (κ3) is 3.96. The Hall–Kier alpha value is -3.66. The maximum absolute atomic E-state index is 6.31. The molecule has 1 aliphatic rings. The number of H-pyrrole nitrogens is 1. The fraction of sp³-hybridized carbons (Fsp3) is 0.286. The van der Waals surface area contributed by atoms with E-state index in [1.165, 1.54) is 0 Å². The molecular formula is C21H21ClN8O2. The lowest BCUT2D eigenvalue weighted by Crippen LogP contribution is -2.24. The molecule has 0 bridgehead atoms. The number of halogens is 1. The van der Waals surface area contributed by atoms with Gasteiger partial charge in [-0.25, -0.2) is 9.97 Å². The van der Waals surface area contributed by atoms with E-state index in [0.717, 1.165) is 36.4 Å². The van der Waals surface area contributed by atoms with Crippen LogP contribution in [-0.4, -0.2) is 44.0 Å². The molecule has 4 aromatic heterocycles. The van der Waals surface area contributed by atoms with Crippen molar-refractivity contribution in [2.75, 3.05) is 23.9 Å². The van der Waals surface area contributed by atoms with Gasteiger partial charge in [0.2, 0.25) is 11.8 Å². The molecule has 0 aromatic carbocycles. The van der Waals surface area contributed by atoms with Crippen molar-refractivity contribution in [3.8, 4) is 17.1 Å². The SMILES string of the molecule is COc1ncccc1-c1cc(C2CCCN2c2nc(Cl)cc(Nc3cc(C)[nH]n3)n2)on1. The van der Waals surface area contributed by atoms with Crippen molar-refractivity contribution in [2.45, 2.75) is 25.8 Å². The van der Waals surface area contributed by atoms with Crippen molar-refractivity contribution in [2.24, 2.45) is 0 Å². The number of aromatic amines is 1. The van der Waals surface area contributed by atoms with Crippen LogP contribution in [0.4, 0.5) is 17.6 Å². The molecule has 1 fully saturated rings. The molecule has 0 saturated carbocycles. The Bertz CT molecular complexity index is 1240. The van der Waals surface area contributed by atoms with Crippen molar-refractivity contribution in [1.29, 1.82) is 0 Å². The van der Waals surface area contributed by atoms with E-state index in [2.05, 4.69) is 40.5 Å². The average Bonchev–Trinajstić information content (AvgIpc) is 3.54. The number of aryl methyl sites for hydroxylation is 1. The van der Waals surface area contributed by atoms with E-state index in [-0.39, 0.29) is 6.04 Å². The normalized spacial score (nSPS) is 15.8. The molecule has 1 unspecified atom stereocenters. The zero-order valence-electron chi connectivity index (χ0n) is 17.5. The molecule has 1 atom stereocenters. The molecule has 1 saturated heterocycles. The van der Waals surface area contributed by atoms with Crippen LogP contribution >= 0.6 is 11.6 Å². The van der Waals surface area contributed by atoms with E-state index in [9.17, 15) is 0 Å². The Labute approximate surface area is 189 Å². The molecular weight excluding hydrogens is 432 g/mol. The van der Waals surface area contributed by atoms with Gasteiger partial charge in [0.05, 0.1) is 18.7 Å². The van der Waals surface area contributed by atoms with Crippen molar-refractivity contribution in [3.05, 3.63) is 53.1 Å². The van der Waals surface area contributed by atoms with Gasteiger partial charge in [0, 0.05) is 36.6 Å². The molecule has 5 rings (SSSR count). The zero-order chi connectivity index (χ0) is 22.1. The first-order chi connectivity index (χ1) is 15.6. The van der Waals surface area contributed by atoms with Crippen molar-refractivity contribution in [3.63, 3.8) is 0 Å². The van der Waals surface area contributed by atoms with Gasteiger partial charge < -0.3 is 19.5 Å². The zero-order valence-corrected chi connectivity index (χ0v) is 18.3. The molecule has 0 aliphatic carbocycles. The van der Waals surface area contributed by atoms with Crippen LogP contribution in [0.5, 0.6) is 5.88 Å². The summed E-state index contributed by atoms with van der Waals surface area (Å²) in [7, 11) is 1.58. The highest BCUT2D eigenvalue weighted by molar-refractivity contribution is 6.29. The fourth-order valence-electron chi connectivity index (χ4n) is 3.83. The van der Waals surface area contributed by atoms with Crippen molar-refractivity contribution >= 4 is 29.2 Å². The molecule has 32 heavy (non-hydrogen) atoms. The van der Waals surface area contributed by atoms with E-state index in [1.807, 2.05) is 31.2 Å². The molecule has 5 heterocycles. The lowest BCUT2D eigenvalue weighted by molar-refractivity contribution is 0.361. The smallest absolute Gasteiger partial charge is 0.229 e. The number of nitrogens with one attached hydrogen (secondary N) is 2. The summed E-state index contributed by atoms with van der Waals surface area (Å²) in [5, 5.41) is 14.8. The number of nitrogens with zero attached hydrogens (tertiary/aromatic N) is 6. The second kappa shape index (κ2) is 8.46. The maximum Gasteiger partial charge on any atom is 0.229 e. The number of anilines is 3. The van der Waals surface area contributed by atoms with Crippen LogP contribution in [0.2, 0.25) is 5.15 Å². The topological polar surface area (TPSA) is 118 Å². The number of methoxy groups -OCH3 is 1. The van der Waals surface area contributed by atoms with E-state index >= 15 is 0 Å². The second-order valence-corrected chi connectivity index (χ2v) is 7.85. The maximum atomic E-state index is 6.31. The van der Waals surface area contributed by atoms with Gasteiger partial charge >= 0.3 is 0 Å². The van der Waals surface area contributed by atoms with E-state index in [0.29, 0.717) is 34.3 Å². The third-order valence-corrected chi connectivity index (χ3v) is 5.45. The van der Waals surface area contributed by atoms with Crippen molar-refractivity contribution in [1.82, 2.24) is 30.3 Å². The highest BCUT2D eigenvalue weighted by Crippen LogP contribution is 2.38. The van der Waals surface area contributed by atoms with Gasteiger partial charge in [0.25, 0.3) is 0 Å². The van der Waals surface area contributed by atoms with E-state index in [1.54, 1.807) is 19.4 Å². The summed E-state index contributed by atoms with van der Waals surface area (Å²) in [4.78, 5) is 15.4. The van der Waals surface area contributed by atoms with Crippen LogP contribution in [0.15, 0.2) is 41.1 Å². The predicted molar refractivity (Wildman–Crippen MR) is 119 cm³/mol. The monoisotopic (exact) mass is 452 g/mol. The van der Waals surface area contributed by atoms with Gasteiger partial charge in [-0.05, 0) is 31.9 Å². The minimum Gasteiger partial charge on any atom is -0.481 e. The standard InChI is InChI=1S/C21H21ClN8O2/c1-12-9-19(28-27-12)25-18-11-17(22)24-21(26-18)30-8-4-6-15(30)16-10-14(29-32-16)13-5-3-7-23-20(13)31-2/h3,5,7,9-11,15H,4,6,8H2,1-2H3,(H2,24,25,26,27,28). The fourth-order valence-corrected chi connectivity index (χ4v) is 4.01. The average molecular weight is 453 g/mol. The Morgan fingerprint density at radius 2 is 2.16 bits per heavy atom. The predicted octanol–water partition coefficient (Wildman–Crippen LogP) is 4.31. The number of pyridine rings is 1. The molecule has 0 radical (unpaired) electrons. The molecule has 11 heteroatoms. The summed E-state index contributed by atoms with van der Waals surface area (Å²) in [5.41, 5.74) is 2.38. The molecule has 164 valence electrons. The summed E-state index contributed by atoms with van der Waals surface area (Å²) < 4.78 is 11.1. The van der Waals surface area contributed by atoms with Gasteiger partial charge in [0.1, 0.15) is 16.7 Å². The van der Waals surface area contributed by atoms with E-state index in [4.69, 9.17) is 20.9 Å². The summed E-state index contributed by atoms with van der Waals surface area (Å²) in [5.74, 6) is 2.97. The Kier molecular flexibility index (Phi) is 5.36. The molecule has 4 aromatic rings. The van der Waals surface area contributed by atoms with Crippen LogP contribution < -0.4 is 15.0 Å². The number of ether oxygens (including phenoxy) is 1. The Balaban J connectivity index is 1.42. The van der Waals surface area contributed by atoms with Gasteiger partial charge in [-0.3, -0.25) is 5.10 Å². The highest BCUT2D eigenvalue weighted by atomic mass is 35.5. The number of hydrogen-bond donors (Lipinski definition) is 2. The first-order valence-corrected chi connectivity index (χ1v) is 10.5. The van der Waals surface area contributed by atoms with Crippen LogP contribution in [-0.2, 0) is 0 Å². The summed E-state index contributed by atoms with van der Waals surface area (Å²) >= 11 is 6.31. The number of aromatic nitrogens is 6. The van der Waals surface area contributed by atoms with Gasteiger partial charge in [0.15, 0.2) is 11.6 Å². The summed E-state index contributed by atoms with van der Waals surface area (Å²) in [6, 6.07) is 9.15. The molecule has 0 spiro atoms. The first kappa shape index (κ1) is 20.3. The third-order valence-electron chi connectivity index (χ3n) is 5.25. The molecule has 2 N–H and O–H groups in total. The Morgan fingerprint density at radius 1 is 1.25 bits per heavy atom. The largest absolute Gasteiger partial charge is 0.481 e. The number of hydrogen-bond acceptors (Lipinski definition) is 9. The molecule has 1 aliphatic heterocycles. The van der Waals surface area contributed by atoms with Gasteiger partial charge in [-0.2, -0.15) is 10.1 Å². The highest BCUT2D eigenvalue weighted by Gasteiger charge is 2.32. The quantitative estimate of drug-likeness (QED) is 0.412. The second-order valence-electron chi connectivity index (χ2n) is 7.46. The molecule has 0 amide bonds. The first-order valence-electron chi connectivity index (χ1n) is 10.2. The summed E-state index contributed by atoms with van der Waals surface area (Å²) in [6.45, 7) is 2.70. The van der Waals surface area contributed by atoms with Crippen molar-refractivity contribution < 1.29 is 9.26 Å². The minimum atomic E-state index is -0.0575. The Morgan fingerprint density at radius 3 is 2.97 bits per heavy atom.